The van der Waals surface area contributed by atoms with Crippen LogP contribution in [0.3, 0.4) is 0 Å². The topological polar surface area (TPSA) is 69.0 Å². The molecule has 1 aliphatic heterocycles. The normalized spacial score (nSPS) is 17.8. The third-order valence-electron chi connectivity index (χ3n) is 6.43. The lowest BCUT2D eigenvalue weighted by molar-refractivity contribution is 0.0594. The fourth-order valence-corrected chi connectivity index (χ4v) is 4.57. The van der Waals surface area contributed by atoms with Crippen LogP contribution < -0.4 is 5.32 Å². The van der Waals surface area contributed by atoms with Crippen molar-refractivity contribution in [2.24, 2.45) is 0 Å². The van der Waals surface area contributed by atoms with Crippen LogP contribution in [0, 0.1) is 5.82 Å². The number of methoxy groups -OCH3 is 1. The standard InChI is InChI=1S/C23H25FN4O2/c1-30-23(29)19-13-18(14-9-11-25-12-10-14)20-21(15-3-2-4-15)27-28(22(20)26-19)17-7-5-16(24)6-8-17/h5-8,13-15,25H,2-4,9-12H2,1H3. The number of ether oxygens (including phenoxy) is 1. The lowest BCUT2D eigenvalue weighted by Gasteiger charge is -2.27. The summed E-state index contributed by atoms with van der Waals surface area (Å²) in [6, 6.07) is 8.14. The molecule has 1 saturated heterocycles. The number of fused-ring (bicyclic) bond motifs is 1. The molecule has 0 atom stereocenters. The molecule has 7 heteroatoms. The molecular weight excluding hydrogens is 383 g/mol. The van der Waals surface area contributed by atoms with Gasteiger partial charge in [-0.2, -0.15) is 5.10 Å². The van der Waals surface area contributed by atoms with Crippen LogP contribution in [0.15, 0.2) is 30.3 Å². The Balaban J connectivity index is 1.77. The second-order valence-corrected chi connectivity index (χ2v) is 8.21. The minimum Gasteiger partial charge on any atom is -0.464 e. The quantitative estimate of drug-likeness (QED) is 0.659. The van der Waals surface area contributed by atoms with Gasteiger partial charge in [0.05, 0.1) is 18.5 Å². The van der Waals surface area contributed by atoms with Crippen molar-refractivity contribution in [3.05, 3.63) is 53.1 Å². The van der Waals surface area contributed by atoms with Crippen LogP contribution in [0.4, 0.5) is 4.39 Å². The smallest absolute Gasteiger partial charge is 0.356 e. The Labute approximate surface area is 174 Å². The Kier molecular flexibility index (Phi) is 4.98. The molecule has 0 bridgehead atoms. The van der Waals surface area contributed by atoms with E-state index in [1.165, 1.54) is 25.7 Å². The molecule has 30 heavy (non-hydrogen) atoms. The third-order valence-corrected chi connectivity index (χ3v) is 6.43. The van der Waals surface area contributed by atoms with Crippen molar-refractivity contribution in [2.45, 2.75) is 43.9 Å². The number of nitrogens with zero attached hydrogens (tertiary/aromatic N) is 3. The molecule has 1 N–H and O–H groups in total. The Morgan fingerprint density at radius 1 is 1.13 bits per heavy atom. The monoisotopic (exact) mass is 408 g/mol. The van der Waals surface area contributed by atoms with Crippen LogP contribution in [0.5, 0.6) is 0 Å². The van der Waals surface area contributed by atoms with Crippen LogP contribution in [0.25, 0.3) is 16.7 Å². The predicted octanol–water partition coefficient (Wildman–Crippen LogP) is 4.08. The number of benzene rings is 1. The summed E-state index contributed by atoms with van der Waals surface area (Å²) in [4.78, 5) is 17.1. The van der Waals surface area contributed by atoms with Gasteiger partial charge < -0.3 is 10.1 Å². The van der Waals surface area contributed by atoms with Gasteiger partial charge in [0.25, 0.3) is 0 Å². The van der Waals surface area contributed by atoms with E-state index in [1.807, 2.05) is 6.07 Å². The van der Waals surface area contributed by atoms with Gasteiger partial charge in [0.15, 0.2) is 11.3 Å². The van der Waals surface area contributed by atoms with Crippen LogP contribution in [0.1, 0.15) is 65.7 Å². The zero-order valence-electron chi connectivity index (χ0n) is 17.0. The van der Waals surface area contributed by atoms with Crippen molar-refractivity contribution < 1.29 is 13.9 Å². The number of carbonyl (C=O) groups is 1. The lowest BCUT2D eigenvalue weighted by Crippen LogP contribution is -2.27. The van der Waals surface area contributed by atoms with Crippen LogP contribution in [-0.4, -0.2) is 40.9 Å². The molecule has 0 radical (unpaired) electrons. The van der Waals surface area contributed by atoms with Gasteiger partial charge in [-0.15, -0.1) is 0 Å². The van der Waals surface area contributed by atoms with Gasteiger partial charge in [0, 0.05) is 11.3 Å². The van der Waals surface area contributed by atoms with Crippen molar-refractivity contribution >= 4 is 17.0 Å². The third kappa shape index (κ3) is 3.27. The molecule has 0 amide bonds. The molecule has 156 valence electrons. The second kappa shape index (κ2) is 7.80. The highest BCUT2D eigenvalue weighted by Gasteiger charge is 2.31. The number of rotatable bonds is 4. The largest absolute Gasteiger partial charge is 0.464 e. The van der Waals surface area contributed by atoms with Gasteiger partial charge in [0.1, 0.15) is 5.82 Å². The maximum absolute atomic E-state index is 13.5. The number of nitrogens with one attached hydrogen (secondary N) is 1. The highest BCUT2D eigenvalue weighted by Crippen LogP contribution is 2.43. The van der Waals surface area contributed by atoms with E-state index in [9.17, 15) is 9.18 Å². The summed E-state index contributed by atoms with van der Waals surface area (Å²) in [6.07, 6.45) is 5.43. The molecule has 0 unspecified atom stereocenters. The number of hydrogen-bond acceptors (Lipinski definition) is 5. The molecule has 1 saturated carbocycles. The van der Waals surface area contributed by atoms with Gasteiger partial charge in [-0.3, -0.25) is 0 Å². The summed E-state index contributed by atoms with van der Waals surface area (Å²) in [6.45, 7) is 1.90. The average molecular weight is 408 g/mol. The summed E-state index contributed by atoms with van der Waals surface area (Å²) < 4.78 is 20.3. The molecular formula is C23H25FN4O2. The molecule has 1 aliphatic carbocycles. The fraction of sp³-hybridized carbons (Fsp3) is 0.435. The highest BCUT2D eigenvalue weighted by molar-refractivity contribution is 5.93. The molecule has 2 aliphatic rings. The van der Waals surface area contributed by atoms with Crippen LogP contribution in [-0.2, 0) is 4.74 Å². The zero-order chi connectivity index (χ0) is 20.7. The maximum Gasteiger partial charge on any atom is 0.356 e. The second-order valence-electron chi connectivity index (χ2n) is 8.21. The van der Waals surface area contributed by atoms with E-state index in [0.717, 1.165) is 61.1 Å². The van der Waals surface area contributed by atoms with Gasteiger partial charge in [0.2, 0.25) is 0 Å². The first-order valence-electron chi connectivity index (χ1n) is 10.6. The maximum atomic E-state index is 13.5. The summed E-state index contributed by atoms with van der Waals surface area (Å²) in [5.74, 6) is -0.0116. The number of pyridine rings is 1. The Hall–Kier alpha value is -2.80. The minimum atomic E-state index is -0.455. The summed E-state index contributed by atoms with van der Waals surface area (Å²) >= 11 is 0. The van der Waals surface area contributed by atoms with Gasteiger partial charge in [-0.05, 0) is 80.6 Å². The van der Waals surface area contributed by atoms with Gasteiger partial charge in [-0.1, -0.05) is 6.42 Å². The van der Waals surface area contributed by atoms with E-state index in [-0.39, 0.29) is 5.82 Å². The summed E-state index contributed by atoms with van der Waals surface area (Å²) in [5, 5.41) is 9.43. The average Bonchev–Trinajstić information content (AvgIpc) is 3.11. The highest BCUT2D eigenvalue weighted by atomic mass is 19.1. The first-order chi connectivity index (χ1) is 14.7. The molecule has 3 heterocycles. The number of piperidine rings is 1. The van der Waals surface area contributed by atoms with E-state index >= 15 is 0 Å². The van der Waals surface area contributed by atoms with E-state index in [1.54, 1.807) is 16.8 Å². The van der Waals surface area contributed by atoms with E-state index in [0.29, 0.717) is 23.2 Å². The Bertz CT molecular complexity index is 1080. The predicted molar refractivity (Wildman–Crippen MR) is 112 cm³/mol. The molecule has 6 nitrogen and oxygen atoms in total. The van der Waals surface area contributed by atoms with Crippen LogP contribution in [0.2, 0.25) is 0 Å². The van der Waals surface area contributed by atoms with E-state index in [4.69, 9.17) is 9.84 Å². The molecule has 0 spiro atoms. The number of halogens is 1. The number of carbonyl (C=O) groups excluding carboxylic acids is 1. The summed E-state index contributed by atoms with van der Waals surface area (Å²) in [5.41, 5.74) is 3.87. The van der Waals surface area contributed by atoms with E-state index in [2.05, 4.69) is 10.3 Å². The minimum absolute atomic E-state index is 0.293. The number of aromatic nitrogens is 3. The Morgan fingerprint density at radius 3 is 2.50 bits per heavy atom. The van der Waals surface area contributed by atoms with E-state index < -0.39 is 5.97 Å². The van der Waals surface area contributed by atoms with Crippen molar-refractivity contribution in [1.82, 2.24) is 20.1 Å². The molecule has 1 aromatic carbocycles. The number of hydrogen-bond donors (Lipinski definition) is 1. The SMILES string of the molecule is COC(=O)c1cc(C2CCNCC2)c2c(C3CCC3)nn(-c3ccc(F)cc3)c2n1. The van der Waals surface area contributed by atoms with Gasteiger partial charge in [-0.25, -0.2) is 18.9 Å². The lowest BCUT2D eigenvalue weighted by atomic mass is 9.79. The molecule has 3 aromatic rings. The van der Waals surface area contributed by atoms with Gasteiger partial charge >= 0.3 is 5.97 Å². The van der Waals surface area contributed by atoms with Crippen LogP contribution >= 0.6 is 0 Å². The summed E-state index contributed by atoms with van der Waals surface area (Å²) in [7, 11) is 1.37. The first kappa shape index (κ1) is 19.2. The molecule has 2 aromatic heterocycles. The fourth-order valence-electron chi connectivity index (χ4n) is 4.57. The molecule has 5 rings (SSSR count). The van der Waals surface area contributed by atoms with Crippen molar-refractivity contribution in [2.75, 3.05) is 20.2 Å². The number of esters is 1. The molecule has 2 fully saturated rings. The first-order valence-corrected chi connectivity index (χ1v) is 10.6. The zero-order valence-corrected chi connectivity index (χ0v) is 17.0. The Morgan fingerprint density at radius 2 is 1.87 bits per heavy atom. The van der Waals surface area contributed by atoms with Crippen molar-refractivity contribution in [1.29, 1.82) is 0 Å². The van der Waals surface area contributed by atoms with Crippen molar-refractivity contribution in [3.63, 3.8) is 0 Å². The van der Waals surface area contributed by atoms with Crippen molar-refractivity contribution in [3.8, 4) is 5.69 Å².